The van der Waals surface area contributed by atoms with Crippen LogP contribution in [0.1, 0.15) is 22.5 Å². The summed E-state index contributed by atoms with van der Waals surface area (Å²) in [4.78, 5) is 9.24. The molecule has 3 nitrogen and oxygen atoms in total. The summed E-state index contributed by atoms with van der Waals surface area (Å²) in [7, 11) is 1.93. The van der Waals surface area contributed by atoms with Crippen molar-refractivity contribution in [2.24, 2.45) is 0 Å². The first kappa shape index (κ1) is 14.2. The molecule has 1 N–H and O–H groups in total. The first-order valence-corrected chi connectivity index (χ1v) is 7.07. The fourth-order valence-electron chi connectivity index (χ4n) is 2.03. The molecule has 0 atom stereocenters. The number of hydrogen-bond acceptors (Lipinski definition) is 3. The Labute approximate surface area is 122 Å². The fourth-order valence-corrected chi connectivity index (χ4v) is 2.41. The van der Waals surface area contributed by atoms with Crippen LogP contribution in [0.3, 0.4) is 0 Å². The summed E-state index contributed by atoms with van der Waals surface area (Å²) in [5.41, 5.74) is 5.50. The largest absolute Gasteiger partial charge is 0.316 e. The highest BCUT2D eigenvalue weighted by Crippen LogP contribution is 2.24. The van der Waals surface area contributed by atoms with Crippen molar-refractivity contribution in [2.45, 2.75) is 27.3 Å². The SMILES string of the molecule is CNCc1c(C)nc(-c2ccc(C)c(Br)c2)nc1C. The first-order valence-electron chi connectivity index (χ1n) is 6.28. The number of aryl methyl sites for hydroxylation is 3. The van der Waals surface area contributed by atoms with Crippen molar-refractivity contribution in [2.75, 3.05) is 7.05 Å². The van der Waals surface area contributed by atoms with Gasteiger partial charge in [-0.05, 0) is 39.4 Å². The Morgan fingerprint density at radius 1 is 1.11 bits per heavy atom. The first-order chi connectivity index (χ1) is 9.02. The summed E-state index contributed by atoms with van der Waals surface area (Å²) in [5.74, 6) is 0.788. The van der Waals surface area contributed by atoms with Crippen LogP contribution in [-0.4, -0.2) is 17.0 Å². The van der Waals surface area contributed by atoms with E-state index < -0.39 is 0 Å². The Morgan fingerprint density at radius 2 is 1.74 bits per heavy atom. The molecule has 4 heteroatoms. The quantitative estimate of drug-likeness (QED) is 0.940. The zero-order chi connectivity index (χ0) is 14.0. The Kier molecular flexibility index (Phi) is 4.32. The average Bonchev–Trinajstić information content (AvgIpc) is 2.37. The molecule has 0 aliphatic rings. The highest BCUT2D eigenvalue weighted by molar-refractivity contribution is 9.10. The van der Waals surface area contributed by atoms with Gasteiger partial charge >= 0.3 is 0 Å². The van der Waals surface area contributed by atoms with Gasteiger partial charge < -0.3 is 5.32 Å². The van der Waals surface area contributed by atoms with E-state index in [1.807, 2.05) is 20.9 Å². The second-order valence-corrected chi connectivity index (χ2v) is 5.55. The van der Waals surface area contributed by atoms with E-state index in [0.717, 1.165) is 33.8 Å². The molecule has 0 amide bonds. The molecule has 1 heterocycles. The number of aromatic nitrogens is 2. The summed E-state index contributed by atoms with van der Waals surface area (Å²) >= 11 is 3.55. The molecule has 19 heavy (non-hydrogen) atoms. The Hall–Kier alpha value is -1.26. The molecule has 0 radical (unpaired) electrons. The van der Waals surface area contributed by atoms with Crippen LogP contribution in [0.25, 0.3) is 11.4 Å². The van der Waals surface area contributed by atoms with Crippen molar-refractivity contribution in [3.05, 3.63) is 45.2 Å². The number of benzene rings is 1. The lowest BCUT2D eigenvalue weighted by Crippen LogP contribution is -2.11. The number of hydrogen-bond donors (Lipinski definition) is 1. The molecule has 0 aliphatic heterocycles. The van der Waals surface area contributed by atoms with Gasteiger partial charge in [0, 0.05) is 33.5 Å². The normalized spacial score (nSPS) is 10.8. The molecule has 100 valence electrons. The monoisotopic (exact) mass is 319 g/mol. The van der Waals surface area contributed by atoms with Gasteiger partial charge in [-0.15, -0.1) is 0 Å². The Balaban J connectivity index is 2.48. The van der Waals surface area contributed by atoms with Gasteiger partial charge in [0.25, 0.3) is 0 Å². The summed E-state index contributed by atoms with van der Waals surface area (Å²) < 4.78 is 1.09. The molecular weight excluding hydrogens is 302 g/mol. The van der Waals surface area contributed by atoms with Crippen molar-refractivity contribution in [1.82, 2.24) is 15.3 Å². The summed E-state index contributed by atoms with van der Waals surface area (Å²) in [6.07, 6.45) is 0. The van der Waals surface area contributed by atoms with Crippen molar-refractivity contribution in [1.29, 1.82) is 0 Å². The van der Waals surface area contributed by atoms with Gasteiger partial charge in [-0.2, -0.15) is 0 Å². The van der Waals surface area contributed by atoms with E-state index in [4.69, 9.17) is 0 Å². The van der Waals surface area contributed by atoms with E-state index in [-0.39, 0.29) is 0 Å². The van der Waals surface area contributed by atoms with E-state index >= 15 is 0 Å². The molecular formula is C15H18BrN3. The van der Waals surface area contributed by atoms with Gasteiger partial charge in [0.05, 0.1) is 0 Å². The number of halogens is 1. The van der Waals surface area contributed by atoms with Gasteiger partial charge in [0.2, 0.25) is 0 Å². The molecule has 2 aromatic rings. The number of nitrogens with zero attached hydrogens (tertiary/aromatic N) is 2. The Morgan fingerprint density at radius 3 is 2.26 bits per heavy atom. The van der Waals surface area contributed by atoms with E-state index in [9.17, 15) is 0 Å². The third kappa shape index (κ3) is 3.01. The van der Waals surface area contributed by atoms with E-state index in [1.165, 1.54) is 11.1 Å². The van der Waals surface area contributed by atoms with Crippen LogP contribution in [0.2, 0.25) is 0 Å². The molecule has 0 unspecified atom stereocenters. The van der Waals surface area contributed by atoms with E-state index in [0.29, 0.717) is 0 Å². The molecule has 1 aromatic carbocycles. The summed E-state index contributed by atoms with van der Waals surface area (Å²) in [6, 6.07) is 6.21. The highest BCUT2D eigenvalue weighted by Gasteiger charge is 2.10. The van der Waals surface area contributed by atoms with Crippen LogP contribution >= 0.6 is 15.9 Å². The molecule has 0 bridgehead atoms. The molecule has 1 aromatic heterocycles. The van der Waals surface area contributed by atoms with Crippen LogP contribution < -0.4 is 5.32 Å². The van der Waals surface area contributed by atoms with Gasteiger partial charge in [-0.1, -0.05) is 28.1 Å². The van der Waals surface area contributed by atoms with Crippen molar-refractivity contribution < 1.29 is 0 Å². The summed E-state index contributed by atoms with van der Waals surface area (Å²) in [5, 5.41) is 3.15. The van der Waals surface area contributed by atoms with Crippen molar-refractivity contribution in [3.8, 4) is 11.4 Å². The van der Waals surface area contributed by atoms with Crippen molar-refractivity contribution in [3.63, 3.8) is 0 Å². The van der Waals surface area contributed by atoms with Crippen LogP contribution in [0.15, 0.2) is 22.7 Å². The van der Waals surface area contributed by atoms with E-state index in [1.54, 1.807) is 0 Å². The molecule has 0 saturated heterocycles. The maximum atomic E-state index is 4.62. The summed E-state index contributed by atoms with van der Waals surface area (Å²) in [6.45, 7) is 6.94. The minimum absolute atomic E-state index is 0.788. The average molecular weight is 320 g/mol. The van der Waals surface area contributed by atoms with Gasteiger partial charge in [0.1, 0.15) is 0 Å². The van der Waals surface area contributed by atoms with Crippen LogP contribution in [0.4, 0.5) is 0 Å². The molecule has 0 fully saturated rings. The third-order valence-electron chi connectivity index (χ3n) is 3.20. The predicted molar refractivity (Wildman–Crippen MR) is 82.1 cm³/mol. The fraction of sp³-hybridized carbons (Fsp3) is 0.333. The second kappa shape index (κ2) is 5.80. The van der Waals surface area contributed by atoms with Crippen LogP contribution in [0, 0.1) is 20.8 Å². The van der Waals surface area contributed by atoms with Crippen LogP contribution in [-0.2, 0) is 6.54 Å². The van der Waals surface area contributed by atoms with Crippen molar-refractivity contribution >= 4 is 15.9 Å². The lowest BCUT2D eigenvalue weighted by Gasteiger charge is -2.11. The topological polar surface area (TPSA) is 37.8 Å². The lowest BCUT2D eigenvalue weighted by atomic mass is 10.1. The van der Waals surface area contributed by atoms with Gasteiger partial charge in [0.15, 0.2) is 5.82 Å². The minimum atomic E-state index is 0.788. The van der Waals surface area contributed by atoms with Gasteiger partial charge in [-0.25, -0.2) is 9.97 Å². The molecule has 0 saturated carbocycles. The second-order valence-electron chi connectivity index (χ2n) is 4.69. The smallest absolute Gasteiger partial charge is 0.159 e. The maximum absolute atomic E-state index is 4.62. The maximum Gasteiger partial charge on any atom is 0.159 e. The zero-order valence-corrected chi connectivity index (χ0v) is 13.3. The minimum Gasteiger partial charge on any atom is -0.316 e. The number of rotatable bonds is 3. The van der Waals surface area contributed by atoms with Gasteiger partial charge in [-0.3, -0.25) is 0 Å². The lowest BCUT2D eigenvalue weighted by molar-refractivity contribution is 0.787. The highest BCUT2D eigenvalue weighted by atomic mass is 79.9. The zero-order valence-electron chi connectivity index (χ0n) is 11.7. The standard InChI is InChI=1S/C15H18BrN3/c1-9-5-6-12(7-14(9)16)15-18-10(2)13(8-17-4)11(3)19-15/h5-7,17H,8H2,1-4H3. The third-order valence-corrected chi connectivity index (χ3v) is 4.06. The van der Waals surface area contributed by atoms with Crippen LogP contribution in [0.5, 0.6) is 0 Å². The molecule has 0 aliphatic carbocycles. The van der Waals surface area contributed by atoms with E-state index in [2.05, 4.69) is 56.3 Å². The Bertz CT molecular complexity index is 585. The molecule has 2 rings (SSSR count). The number of nitrogens with one attached hydrogen (secondary N) is 1. The molecule has 0 spiro atoms. The predicted octanol–water partition coefficient (Wildman–Crippen LogP) is 3.55.